The fourth-order valence-corrected chi connectivity index (χ4v) is 4.88. The Morgan fingerprint density at radius 1 is 0.750 bits per heavy atom. The minimum absolute atomic E-state index is 0.253. The van der Waals surface area contributed by atoms with Gasteiger partial charge in [-0.3, -0.25) is 19.8 Å². The topological polar surface area (TPSA) is 84.8 Å². The first-order chi connectivity index (χ1) is 17.4. The number of nitrogens with zero attached hydrogens (tertiary/aromatic N) is 2. The van der Waals surface area contributed by atoms with Gasteiger partial charge in [0.25, 0.3) is 11.1 Å². The lowest BCUT2D eigenvalue weighted by Crippen LogP contribution is -2.25. The molecule has 8 heteroatoms. The standard InChI is InChI=1S/C28H25ClN4O3/c1-17-24(27(34)32(30-17)20-10-6-4-7-11-20)26(22-16-19(29)14-15-23(22)36-3)25-18(2)31-33(28(25)35)21-12-8-5-9-13-21/h4-16,26,30-31H,1-3H3. The molecule has 0 amide bonds. The zero-order chi connectivity index (χ0) is 25.4. The monoisotopic (exact) mass is 500 g/mol. The maximum atomic E-state index is 13.9. The van der Waals surface area contributed by atoms with Gasteiger partial charge in [0.05, 0.1) is 35.5 Å². The smallest absolute Gasteiger partial charge is 0.275 e. The molecule has 0 saturated carbocycles. The number of benzene rings is 3. The Bertz CT molecular complexity index is 1550. The van der Waals surface area contributed by atoms with Crippen LogP contribution in [0.25, 0.3) is 11.4 Å². The molecule has 0 aliphatic rings. The predicted molar refractivity (Wildman–Crippen MR) is 141 cm³/mol. The number of methoxy groups -OCH3 is 1. The van der Waals surface area contributed by atoms with Gasteiger partial charge < -0.3 is 4.74 Å². The van der Waals surface area contributed by atoms with E-state index < -0.39 is 5.92 Å². The van der Waals surface area contributed by atoms with E-state index in [1.807, 2.05) is 74.5 Å². The second kappa shape index (κ2) is 9.43. The summed E-state index contributed by atoms with van der Waals surface area (Å²) in [6, 6.07) is 23.9. The highest BCUT2D eigenvalue weighted by Crippen LogP contribution is 2.38. The molecular weight excluding hydrogens is 476 g/mol. The molecular formula is C28H25ClN4O3. The van der Waals surface area contributed by atoms with Crippen molar-refractivity contribution in [2.45, 2.75) is 19.8 Å². The number of para-hydroxylation sites is 2. The molecule has 0 atom stereocenters. The maximum absolute atomic E-state index is 13.9. The number of aromatic nitrogens is 4. The Morgan fingerprint density at radius 2 is 1.22 bits per heavy atom. The minimum atomic E-state index is -0.735. The summed E-state index contributed by atoms with van der Waals surface area (Å²) in [5.41, 5.74) is 3.68. The molecule has 0 saturated heterocycles. The van der Waals surface area contributed by atoms with Gasteiger partial charge in [0.2, 0.25) is 0 Å². The number of aryl methyl sites for hydroxylation is 2. The minimum Gasteiger partial charge on any atom is -0.496 e. The summed E-state index contributed by atoms with van der Waals surface area (Å²) in [5.74, 6) is -0.206. The van der Waals surface area contributed by atoms with Gasteiger partial charge in [-0.15, -0.1) is 0 Å². The second-order valence-corrected chi connectivity index (χ2v) is 9.01. The van der Waals surface area contributed by atoms with Crippen LogP contribution < -0.4 is 15.9 Å². The van der Waals surface area contributed by atoms with Crippen LogP contribution in [-0.2, 0) is 0 Å². The molecule has 0 aliphatic heterocycles. The lowest BCUT2D eigenvalue weighted by atomic mass is 9.84. The fourth-order valence-electron chi connectivity index (χ4n) is 4.70. The van der Waals surface area contributed by atoms with Crippen LogP contribution in [0.15, 0.2) is 88.5 Å². The van der Waals surface area contributed by atoms with E-state index in [0.717, 1.165) is 0 Å². The molecule has 0 aliphatic carbocycles. The van der Waals surface area contributed by atoms with Crippen LogP contribution in [0, 0.1) is 13.8 Å². The predicted octanol–water partition coefficient (Wildman–Crippen LogP) is 5.10. The first-order valence-corrected chi connectivity index (χ1v) is 11.9. The van der Waals surface area contributed by atoms with Crippen molar-refractivity contribution in [3.8, 4) is 17.1 Å². The number of aromatic amines is 2. The van der Waals surface area contributed by atoms with Crippen molar-refractivity contribution in [1.82, 2.24) is 19.6 Å². The van der Waals surface area contributed by atoms with E-state index in [2.05, 4.69) is 10.2 Å². The Labute approximate surface area is 212 Å². The SMILES string of the molecule is COc1ccc(Cl)cc1C(c1c(C)[nH]n(-c2ccccc2)c1=O)c1c(C)[nH]n(-c2ccccc2)c1=O. The van der Waals surface area contributed by atoms with Crippen molar-refractivity contribution in [2.75, 3.05) is 7.11 Å². The fraction of sp³-hybridized carbons (Fsp3) is 0.143. The number of halogens is 1. The normalized spacial score (nSPS) is 11.2. The average molecular weight is 501 g/mol. The van der Waals surface area contributed by atoms with Crippen LogP contribution in [0.2, 0.25) is 5.02 Å². The molecule has 2 aromatic heterocycles. The highest BCUT2D eigenvalue weighted by Gasteiger charge is 2.33. The lowest BCUT2D eigenvalue weighted by Gasteiger charge is -2.19. The van der Waals surface area contributed by atoms with Gasteiger partial charge in [-0.05, 0) is 56.3 Å². The Hall–Kier alpha value is -4.23. The molecule has 182 valence electrons. The van der Waals surface area contributed by atoms with Crippen LogP contribution in [0.5, 0.6) is 5.75 Å². The number of ether oxygens (including phenoxy) is 1. The molecule has 5 rings (SSSR count). The van der Waals surface area contributed by atoms with Crippen LogP contribution in [0.3, 0.4) is 0 Å². The zero-order valence-electron chi connectivity index (χ0n) is 20.1. The van der Waals surface area contributed by atoms with Gasteiger partial charge in [-0.2, -0.15) is 0 Å². The van der Waals surface area contributed by atoms with Gasteiger partial charge in [-0.1, -0.05) is 48.0 Å². The van der Waals surface area contributed by atoms with E-state index in [1.54, 1.807) is 25.3 Å². The van der Waals surface area contributed by atoms with Crippen molar-refractivity contribution >= 4 is 11.6 Å². The summed E-state index contributed by atoms with van der Waals surface area (Å²) in [6.07, 6.45) is 0. The van der Waals surface area contributed by atoms with Crippen molar-refractivity contribution in [3.63, 3.8) is 0 Å². The Kier molecular flexibility index (Phi) is 6.16. The van der Waals surface area contributed by atoms with E-state index in [1.165, 1.54) is 9.36 Å². The van der Waals surface area contributed by atoms with E-state index in [9.17, 15) is 9.59 Å². The first-order valence-electron chi connectivity index (χ1n) is 11.5. The molecule has 0 unspecified atom stereocenters. The largest absolute Gasteiger partial charge is 0.496 e. The number of hydrogen-bond acceptors (Lipinski definition) is 3. The molecule has 0 spiro atoms. The first kappa shape index (κ1) is 23.5. The molecule has 5 aromatic rings. The van der Waals surface area contributed by atoms with Gasteiger partial charge in [0, 0.05) is 22.0 Å². The Morgan fingerprint density at radius 3 is 1.67 bits per heavy atom. The van der Waals surface area contributed by atoms with Crippen molar-refractivity contribution in [3.05, 3.63) is 133 Å². The third-order valence-corrected chi connectivity index (χ3v) is 6.58. The maximum Gasteiger partial charge on any atom is 0.275 e. The number of H-pyrrole nitrogens is 2. The van der Waals surface area contributed by atoms with Crippen LogP contribution in [-0.4, -0.2) is 26.7 Å². The number of hydrogen-bond donors (Lipinski definition) is 2. The third kappa shape index (κ3) is 3.97. The molecule has 0 radical (unpaired) electrons. The average Bonchev–Trinajstić information content (AvgIpc) is 3.36. The van der Waals surface area contributed by atoms with E-state index in [4.69, 9.17) is 16.3 Å². The van der Waals surface area contributed by atoms with Crippen LogP contribution >= 0.6 is 11.6 Å². The van der Waals surface area contributed by atoms with Gasteiger partial charge in [-0.25, -0.2) is 9.36 Å². The lowest BCUT2D eigenvalue weighted by molar-refractivity contribution is 0.409. The third-order valence-electron chi connectivity index (χ3n) is 6.34. The molecule has 2 N–H and O–H groups in total. The summed E-state index contributed by atoms with van der Waals surface area (Å²) in [6.45, 7) is 3.66. The molecule has 0 bridgehead atoms. The van der Waals surface area contributed by atoms with E-state index >= 15 is 0 Å². The number of rotatable bonds is 6. The summed E-state index contributed by atoms with van der Waals surface area (Å²) >= 11 is 6.42. The highest BCUT2D eigenvalue weighted by molar-refractivity contribution is 6.30. The summed E-state index contributed by atoms with van der Waals surface area (Å²) < 4.78 is 8.65. The molecule has 3 aromatic carbocycles. The zero-order valence-corrected chi connectivity index (χ0v) is 20.8. The Balaban J connectivity index is 1.82. The summed E-state index contributed by atoms with van der Waals surface area (Å²) in [4.78, 5) is 27.8. The van der Waals surface area contributed by atoms with Crippen LogP contribution in [0.4, 0.5) is 0 Å². The van der Waals surface area contributed by atoms with Gasteiger partial charge in [0.1, 0.15) is 5.75 Å². The molecule has 0 fully saturated rings. The van der Waals surface area contributed by atoms with Crippen molar-refractivity contribution in [2.24, 2.45) is 0 Å². The molecule has 2 heterocycles. The molecule has 7 nitrogen and oxygen atoms in total. The summed E-state index contributed by atoms with van der Waals surface area (Å²) in [5, 5.41) is 6.86. The van der Waals surface area contributed by atoms with Crippen molar-refractivity contribution < 1.29 is 4.74 Å². The van der Waals surface area contributed by atoms with E-state index in [0.29, 0.717) is 50.2 Å². The quantitative estimate of drug-likeness (QED) is 0.340. The second-order valence-electron chi connectivity index (χ2n) is 8.57. The highest BCUT2D eigenvalue weighted by atomic mass is 35.5. The van der Waals surface area contributed by atoms with Gasteiger partial charge in [0.15, 0.2) is 0 Å². The summed E-state index contributed by atoms with van der Waals surface area (Å²) in [7, 11) is 1.56. The van der Waals surface area contributed by atoms with Crippen molar-refractivity contribution in [1.29, 1.82) is 0 Å². The number of nitrogens with one attached hydrogen (secondary N) is 2. The van der Waals surface area contributed by atoms with Crippen LogP contribution in [0.1, 0.15) is 34.0 Å². The molecule has 36 heavy (non-hydrogen) atoms. The van der Waals surface area contributed by atoms with E-state index in [-0.39, 0.29) is 11.1 Å². The van der Waals surface area contributed by atoms with Gasteiger partial charge >= 0.3 is 0 Å².